The lowest BCUT2D eigenvalue weighted by Gasteiger charge is -2.08. The van der Waals surface area contributed by atoms with Crippen molar-refractivity contribution in [3.8, 4) is 0 Å². The van der Waals surface area contributed by atoms with Gasteiger partial charge in [-0.3, -0.25) is 9.59 Å². The molecular formula is C17H20N2O2S. The van der Waals surface area contributed by atoms with Crippen LogP contribution in [0.25, 0.3) is 0 Å². The van der Waals surface area contributed by atoms with Gasteiger partial charge < -0.3 is 10.6 Å². The molecule has 2 rings (SSSR count). The first-order chi connectivity index (χ1) is 10.6. The van der Waals surface area contributed by atoms with Crippen LogP contribution in [0, 0.1) is 5.92 Å². The minimum atomic E-state index is -0.135. The van der Waals surface area contributed by atoms with E-state index < -0.39 is 0 Å². The zero-order chi connectivity index (χ0) is 15.9. The number of carbonyl (C=O) groups is 2. The molecule has 2 amide bonds. The SMILES string of the molecule is CC(C)CCNC(=O)c1ccc(NC(=O)c2cccs2)cc1. The van der Waals surface area contributed by atoms with Crippen LogP contribution in [0.1, 0.15) is 40.3 Å². The first kappa shape index (κ1) is 16.2. The fourth-order valence-electron chi connectivity index (χ4n) is 1.88. The van der Waals surface area contributed by atoms with E-state index in [1.54, 1.807) is 30.3 Å². The molecule has 1 aromatic heterocycles. The number of rotatable bonds is 6. The van der Waals surface area contributed by atoms with Crippen LogP contribution in [0.2, 0.25) is 0 Å². The Labute approximate surface area is 134 Å². The number of thiophene rings is 1. The van der Waals surface area contributed by atoms with Crippen molar-refractivity contribution >= 4 is 28.8 Å². The Morgan fingerprint density at radius 2 is 1.82 bits per heavy atom. The molecule has 1 heterocycles. The number of hydrogen-bond donors (Lipinski definition) is 2. The van der Waals surface area contributed by atoms with Crippen molar-refractivity contribution in [3.05, 3.63) is 52.2 Å². The Bertz CT molecular complexity index is 619. The van der Waals surface area contributed by atoms with Crippen molar-refractivity contribution in [2.24, 2.45) is 5.92 Å². The third-order valence-electron chi connectivity index (χ3n) is 3.16. The summed E-state index contributed by atoms with van der Waals surface area (Å²) in [5, 5.41) is 7.56. The maximum Gasteiger partial charge on any atom is 0.265 e. The lowest BCUT2D eigenvalue weighted by atomic mass is 10.1. The Kier molecular flexibility index (Phi) is 5.72. The van der Waals surface area contributed by atoms with Crippen molar-refractivity contribution in [1.29, 1.82) is 0 Å². The molecule has 2 aromatic rings. The van der Waals surface area contributed by atoms with Crippen LogP contribution in [-0.4, -0.2) is 18.4 Å². The summed E-state index contributed by atoms with van der Waals surface area (Å²) < 4.78 is 0. The van der Waals surface area contributed by atoms with E-state index in [4.69, 9.17) is 0 Å². The Morgan fingerprint density at radius 3 is 2.41 bits per heavy atom. The largest absolute Gasteiger partial charge is 0.352 e. The van der Waals surface area contributed by atoms with Crippen molar-refractivity contribution in [2.75, 3.05) is 11.9 Å². The third-order valence-corrected chi connectivity index (χ3v) is 4.03. The molecule has 0 unspecified atom stereocenters. The molecule has 0 fully saturated rings. The summed E-state index contributed by atoms with van der Waals surface area (Å²) in [5.74, 6) is 0.344. The predicted octanol–water partition coefficient (Wildman–Crippen LogP) is 3.78. The quantitative estimate of drug-likeness (QED) is 0.852. The smallest absolute Gasteiger partial charge is 0.265 e. The standard InChI is InChI=1S/C17H20N2O2S/c1-12(2)9-10-18-16(20)13-5-7-14(8-6-13)19-17(21)15-4-3-11-22-15/h3-8,11-12H,9-10H2,1-2H3,(H,18,20)(H,19,21). The van der Waals surface area contributed by atoms with Gasteiger partial charge >= 0.3 is 0 Å². The van der Waals surface area contributed by atoms with Gasteiger partial charge in [-0.2, -0.15) is 0 Å². The van der Waals surface area contributed by atoms with E-state index in [1.807, 2.05) is 11.4 Å². The second-order valence-corrected chi connectivity index (χ2v) is 6.39. The summed E-state index contributed by atoms with van der Waals surface area (Å²) in [5.41, 5.74) is 1.27. The van der Waals surface area contributed by atoms with Gasteiger partial charge in [0.25, 0.3) is 11.8 Å². The molecule has 0 saturated heterocycles. The lowest BCUT2D eigenvalue weighted by Crippen LogP contribution is -2.25. The summed E-state index contributed by atoms with van der Waals surface area (Å²) in [6, 6.07) is 10.5. The zero-order valence-corrected chi connectivity index (χ0v) is 13.6. The van der Waals surface area contributed by atoms with Crippen molar-refractivity contribution < 1.29 is 9.59 Å². The fourth-order valence-corrected chi connectivity index (χ4v) is 2.50. The molecule has 0 spiro atoms. The fraction of sp³-hybridized carbons (Fsp3) is 0.294. The van der Waals surface area contributed by atoms with Gasteiger partial charge in [-0.15, -0.1) is 11.3 Å². The van der Waals surface area contributed by atoms with Gasteiger partial charge in [-0.1, -0.05) is 19.9 Å². The molecule has 1 aromatic carbocycles. The van der Waals surface area contributed by atoms with E-state index in [1.165, 1.54) is 11.3 Å². The second-order valence-electron chi connectivity index (χ2n) is 5.45. The first-order valence-electron chi connectivity index (χ1n) is 7.29. The number of hydrogen-bond acceptors (Lipinski definition) is 3. The highest BCUT2D eigenvalue weighted by molar-refractivity contribution is 7.12. The van der Waals surface area contributed by atoms with Crippen LogP contribution in [0.5, 0.6) is 0 Å². The Morgan fingerprint density at radius 1 is 1.09 bits per heavy atom. The van der Waals surface area contributed by atoms with Gasteiger partial charge in [0.15, 0.2) is 0 Å². The van der Waals surface area contributed by atoms with Gasteiger partial charge in [0.05, 0.1) is 4.88 Å². The Balaban J connectivity index is 1.90. The monoisotopic (exact) mass is 316 g/mol. The van der Waals surface area contributed by atoms with Gasteiger partial charge in [-0.05, 0) is 48.1 Å². The minimum Gasteiger partial charge on any atom is -0.352 e. The molecule has 116 valence electrons. The van der Waals surface area contributed by atoms with Gasteiger partial charge in [0.1, 0.15) is 0 Å². The van der Waals surface area contributed by atoms with Crippen molar-refractivity contribution in [2.45, 2.75) is 20.3 Å². The van der Waals surface area contributed by atoms with Crippen LogP contribution in [-0.2, 0) is 0 Å². The average Bonchev–Trinajstić information content (AvgIpc) is 3.02. The summed E-state index contributed by atoms with van der Waals surface area (Å²) in [4.78, 5) is 24.5. The molecule has 4 nitrogen and oxygen atoms in total. The lowest BCUT2D eigenvalue weighted by molar-refractivity contribution is 0.0951. The van der Waals surface area contributed by atoms with E-state index in [2.05, 4.69) is 24.5 Å². The van der Waals surface area contributed by atoms with E-state index in [9.17, 15) is 9.59 Å². The number of benzene rings is 1. The normalized spacial score (nSPS) is 10.5. The summed E-state index contributed by atoms with van der Waals surface area (Å²) in [6.45, 7) is 4.92. The number of amides is 2. The molecule has 0 bridgehead atoms. The third kappa shape index (κ3) is 4.70. The topological polar surface area (TPSA) is 58.2 Å². The molecule has 0 aliphatic heterocycles. The molecule has 5 heteroatoms. The molecular weight excluding hydrogens is 296 g/mol. The van der Waals surface area contributed by atoms with E-state index in [0.29, 0.717) is 28.6 Å². The molecule has 22 heavy (non-hydrogen) atoms. The number of carbonyl (C=O) groups excluding carboxylic acids is 2. The molecule has 0 aliphatic rings. The van der Waals surface area contributed by atoms with Crippen molar-refractivity contribution in [1.82, 2.24) is 5.32 Å². The number of nitrogens with one attached hydrogen (secondary N) is 2. The molecule has 0 radical (unpaired) electrons. The molecule has 0 saturated carbocycles. The molecule has 0 aliphatic carbocycles. The summed E-state index contributed by atoms with van der Waals surface area (Å²) >= 11 is 1.39. The van der Waals surface area contributed by atoms with E-state index in [-0.39, 0.29) is 11.8 Å². The number of anilines is 1. The zero-order valence-electron chi connectivity index (χ0n) is 12.8. The van der Waals surface area contributed by atoms with Crippen LogP contribution < -0.4 is 10.6 Å². The second kappa shape index (κ2) is 7.75. The predicted molar refractivity (Wildman–Crippen MR) is 90.5 cm³/mol. The van der Waals surface area contributed by atoms with Crippen LogP contribution in [0.15, 0.2) is 41.8 Å². The van der Waals surface area contributed by atoms with Crippen LogP contribution in [0.4, 0.5) is 5.69 Å². The van der Waals surface area contributed by atoms with Crippen LogP contribution >= 0.6 is 11.3 Å². The van der Waals surface area contributed by atoms with Gasteiger partial charge in [-0.25, -0.2) is 0 Å². The average molecular weight is 316 g/mol. The summed E-state index contributed by atoms with van der Waals surface area (Å²) in [7, 11) is 0. The van der Waals surface area contributed by atoms with Crippen molar-refractivity contribution in [3.63, 3.8) is 0 Å². The highest BCUT2D eigenvalue weighted by Crippen LogP contribution is 2.14. The highest BCUT2D eigenvalue weighted by Gasteiger charge is 2.08. The summed E-state index contributed by atoms with van der Waals surface area (Å²) in [6.07, 6.45) is 0.959. The maximum absolute atomic E-state index is 11.9. The maximum atomic E-state index is 11.9. The molecule has 2 N–H and O–H groups in total. The Hall–Kier alpha value is -2.14. The van der Waals surface area contributed by atoms with E-state index >= 15 is 0 Å². The van der Waals surface area contributed by atoms with Crippen LogP contribution in [0.3, 0.4) is 0 Å². The van der Waals surface area contributed by atoms with Gasteiger partial charge in [0.2, 0.25) is 0 Å². The first-order valence-corrected chi connectivity index (χ1v) is 8.17. The van der Waals surface area contributed by atoms with E-state index in [0.717, 1.165) is 6.42 Å². The highest BCUT2D eigenvalue weighted by atomic mass is 32.1. The molecule has 0 atom stereocenters. The minimum absolute atomic E-state index is 0.0863. The van der Waals surface area contributed by atoms with Gasteiger partial charge in [0, 0.05) is 17.8 Å².